The number of amides is 2. The maximum absolute atomic E-state index is 14.4. The van der Waals surface area contributed by atoms with Gasteiger partial charge in [0.2, 0.25) is 10.0 Å². The summed E-state index contributed by atoms with van der Waals surface area (Å²) in [6.45, 7) is 1.12. The van der Waals surface area contributed by atoms with E-state index in [0.717, 1.165) is 10.5 Å². The maximum Gasteiger partial charge on any atom is 0.407 e. The Balaban J connectivity index is 1.74. The molecule has 148 valence electrons. The molecule has 0 aromatic heterocycles. The Morgan fingerprint density at radius 1 is 1.14 bits per heavy atom. The molecule has 1 saturated heterocycles. The number of rotatable bonds is 5. The van der Waals surface area contributed by atoms with Gasteiger partial charge in [0.05, 0.1) is 5.56 Å². The highest BCUT2D eigenvalue weighted by Crippen LogP contribution is 2.24. The summed E-state index contributed by atoms with van der Waals surface area (Å²) < 4.78 is 38.7. The molecule has 1 aliphatic rings. The summed E-state index contributed by atoms with van der Waals surface area (Å²) in [5.41, 5.74) is 3.33. The average Bonchev–Trinajstić information content (AvgIpc) is 2.60. The molecular weight excluding hydrogens is 389 g/mol. The summed E-state index contributed by atoms with van der Waals surface area (Å²) in [6, 6.07) is 12.0. The summed E-state index contributed by atoms with van der Waals surface area (Å²) in [6.07, 6.45) is -1.22. The molecule has 1 aliphatic heterocycles. The molecule has 0 radical (unpaired) electrons. The van der Waals surface area contributed by atoms with E-state index < -0.39 is 33.1 Å². The fraction of sp³-hybridized carbons (Fsp3) is 0.222. The van der Waals surface area contributed by atoms with Crippen LogP contribution in [0.1, 0.15) is 15.9 Å². The van der Waals surface area contributed by atoms with Crippen LogP contribution in [0.15, 0.2) is 42.5 Å². The van der Waals surface area contributed by atoms with Crippen LogP contribution in [0.5, 0.6) is 0 Å². The number of hydrogen-bond donors (Lipinski definition) is 3. The minimum Gasteiger partial charge on any atom is -0.465 e. The Morgan fingerprint density at radius 2 is 1.79 bits per heavy atom. The molecule has 0 unspecified atom stereocenters. The molecule has 10 heteroatoms. The van der Waals surface area contributed by atoms with Crippen molar-refractivity contribution in [3.8, 4) is 11.1 Å². The summed E-state index contributed by atoms with van der Waals surface area (Å²) in [7, 11) is -3.99. The standard InChI is InChI=1S/C18H18FN3O5S/c1-11-7-13(12-5-3-2-4-6-12)8-15(16(11)19)17(23)20-21-28(26,27)14-9-22(10-14)18(24)25/h2-8,14,21H,9-10H2,1H3,(H,20,23)(H,24,25). The number of hydrazine groups is 1. The summed E-state index contributed by atoms with van der Waals surface area (Å²) >= 11 is 0. The van der Waals surface area contributed by atoms with E-state index in [-0.39, 0.29) is 24.2 Å². The van der Waals surface area contributed by atoms with Gasteiger partial charge in [-0.25, -0.2) is 17.6 Å². The van der Waals surface area contributed by atoms with Crippen molar-refractivity contribution in [2.24, 2.45) is 0 Å². The van der Waals surface area contributed by atoms with Gasteiger partial charge in [-0.1, -0.05) is 30.3 Å². The van der Waals surface area contributed by atoms with Crippen LogP contribution in [0.2, 0.25) is 0 Å². The first-order chi connectivity index (χ1) is 13.2. The zero-order chi connectivity index (χ0) is 20.5. The lowest BCUT2D eigenvalue weighted by Crippen LogP contribution is -2.61. The second-order valence-electron chi connectivity index (χ2n) is 6.43. The van der Waals surface area contributed by atoms with Crippen LogP contribution >= 0.6 is 0 Å². The van der Waals surface area contributed by atoms with E-state index in [9.17, 15) is 22.4 Å². The molecule has 2 amide bonds. The van der Waals surface area contributed by atoms with Gasteiger partial charge in [0, 0.05) is 13.1 Å². The number of carbonyl (C=O) groups excluding carboxylic acids is 1. The second-order valence-corrected chi connectivity index (χ2v) is 8.39. The van der Waals surface area contributed by atoms with Gasteiger partial charge in [-0.15, -0.1) is 4.83 Å². The quantitative estimate of drug-likeness (QED) is 0.653. The third kappa shape index (κ3) is 3.97. The smallest absolute Gasteiger partial charge is 0.407 e. The van der Waals surface area contributed by atoms with E-state index in [4.69, 9.17) is 5.11 Å². The molecule has 3 N–H and O–H groups in total. The summed E-state index contributed by atoms with van der Waals surface area (Å²) in [4.78, 5) is 25.9. The Morgan fingerprint density at radius 3 is 2.39 bits per heavy atom. The molecule has 0 atom stereocenters. The van der Waals surface area contributed by atoms with Crippen LogP contribution in [0, 0.1) is 12.7 Å². The van der Waals surface area contributed by atoms with Gasteiger partial charge in [-0.05, 0) is 35.7 Å². The molecule has 0 bridgehead atoms. The molecule has 0 saturated carbocycles. The number of likely N-dealkylation sites (tertiary alicyclic amines) is 1. The highest BCUT2D eigenvalue weighted by molar-refractivity contribution is 7.90. The largest absolute Gasteiger partial charge is 0.465 e. The highest BCUT2D eigenvalue weighted by Gasteiger charge is 2.40. The van der Waals surface area contributed by atoms with Gasteiger partial charge >= 0.3 is 6.09 Å². The average molecular weight is 407 g/mol. The maximum atomic E-state index is 14.4. The number of hydrogen-bond acceptors (Lipinski definition) is 4. The molecule has 28 heavy (non-hydrogen) atoms. The Kier molecular flexibility index (Phi) is 5.34. The third-order valence-electron chi connectivity index (χ3n) is 4.47. The van der Waals surface area contributed by atoms with Gasteiger partial charge in [0.25, 0.3) is 5.91 Å². The lowest BCUT2D eigenvalue weighted by molar-refractivity contribution is 0.0937. The minimum atomic E-state index is -3.99. The number of carboxylic acid groups (broad SMARTS) is 1. The minimum absolute atomic E-state index is 0.197. The van der Waals surface area contributed by atoms with E-state index in [1.165, 1.54) is 13.0 Å². The first kappa shape index (κ1) is 19.8. The topological polar surface area (TPSA) is 116 Å². The van der Waals surface area contributed by atoms with Crippen molar-refractivity contribution in [2.75, 3.05) is 13.1 Å². The molecule has 8 nitrogen and oxygen atoms in total. The number of nitrogens with one attached hydrogen (secondary N) is 2. The van der Waals surface area contributed by atoms with Crippen LogP contribution in [0.4, 0.5) is 9.18 Å². The van der Waals surface area contributed by atoms with Crippen molar-refractivity contribution >= 4 is 22.0 Å². The number of benzene rings is 2. The van der Waals surface area contributed by atoms with Gasteiger partial charge in [-0.2, -0.15) is 0 Å². The highest BCUT2D eigenvalue weighted by atomic mass is 32.2. The normalized spacial score (nSPS) is 14.4. The Labute approximate surface area is 161 Å². The molecule has 0 spiro atoms. The molecule has 3 rings (SSSR count). The fourth-order valence-electron chi connectivity index (χ4n) is 2.79. The Bertz CT molecular complexity index is 1020. The molecule has 1 heterocycles. The van der Waals surface area contributed by atoms with Crippen molar-refractivity contribution < 1.29 is 27.5 Å². The zero-order valence-corrected chi connectivity index (χ0v) is 15.7. The fourth-order valence-corrected chi connectivity index (χ4v) is 3.94. The van der Waals surface area contributed by atoms with Crippen LogP contribution < -0.4 is 10.3 Å². The molecular formula is C18H18FN3O5S. The molecule has 2 aromatic carbocycles. The van der Waals surface area contributed by atoms with E-state index in [0.29, 0.717) is 5.56 Å². The van der Waals surface area contributed by atoms with Gasteiger partial charge in [0.15, 0.2) is 0 Å². The first-order valence-corrected chi connectivity index (χ1v) is 9.88. The predicted molar refractivity (Wildman–Crippen MR) is 99.5 cm³/mol. The van der Waals surface area contributed by atoms with Gasteiger partial charge < -0.3 is 10.0 Å². The Hall–Kier alpha value is -2.98. The van der Waals surface area contributed by atoms with Crippen molar-refractivity contribution in [1.29, 1.82) is 0 Å². The SMILES string of the molecule is Cc1cc(-c2ccccc2)cc(C(=O)NNS(=O)(=O)C2CN(C(=O)O)C2)c1F. The molecule has 0 aliphatic carbocycles. The van der Waals surface area contributed by atoms with Crippen LogP contribution in [-0.4, -0.2) is 48.8 Å². The van der Waals surface area contributed by atoms with Crippen molar-refractivity contribution in [3.05, 3.63) is 59.4 Å². The molecule has 1 fully saturated rings. The number of sulfonamides is 1. The predicted octanol–water partition coefficient (Wildman–Crippen LogP) is 1.73. The van der Waals surface area contributed by atoms with Crippen LogP contribution in [0.3, 0.4) is 0 Å². The van der Waals surface area contributed by atoms with Crippen molar-refractivity contribution in [2.45, 2.75) is 12.2 Å². The van der Waals surface area contributed by atoms with E-state index >= 15 is 0 Å². The number of carbonyl (C=O) groups is 2. The number of aryl methyl sites for hydroxylation is 1. The van der Waals surface area contributed by atoms with E-state index in [2.05, 4.69) is 0 Å². The first-order valence-electron chi connectivity index (χ1n) is 8.33. The number of halogens is 1. The second kappa shape index (κ2) is 7.56. The monoisotopic (exact) mass is 407 g/mol. The third-order valence-corrected chi connectivity index (χ3v) is 6.03. The van der Waals surface area contributed by atoms with Crippen LogP contribution in [0.25, 0.3) is 11.1 Å². The van der Waals surface area contributed by atoms with Gasteiger partial charge in [-0.3, -0.25) is 10.2 Å². The summed E-state index contributed by atoms with van der Waals surface area (Å²) in [5, 5.41) is 7.78. The van der Waals surface area contributed by atoms with Crippen LogP contribution in [-0.2, 0) is 10.0 Å². The van der Waals surface area contributed by atoms with Crippen molar-refractivity contribution in [3.63, 3.8) is 0 Å². The van der Waals surface area contributed by atoms with Crippen molar-refractivity contribution in [1.82, 2.24) is 15.2 Å². The van der Waals surface area contributed by atoms with E-state index in [1.807, 2.05) is 28.5 Å². The summed E-state index contributed by atoms with van der Waals surface area (Å²) in [5.74, 6) is -1.70. The lowest BCUT2D eigenvalue weighted by atomic mass is 9.99. The molecule has 2 aromatic rings. The lowest BCUT2D eigenvalue weighted by Gasteiger charge is -2.36. The zero-order valence-electron chi connectivity index (χ0n) is 14.8. The van der Waals surface area contributed by atoms with E-state index in [1.54, 1.807) is 18.2 Å². The number of nitrogens with zero attached hydrogens (tertiary/aromatic N) is 1. The van der Waals surface area contributed by atoms with Gasteiger partial charge in [0.1, 0.15) is 11.1 Å².